The number of nitrogens with two attached hydrogens (primary N) is 1. The van der Waals surface area contributed by atoms with Crippen molar-refractivity contribution in [2.24, 2.45) is 0 Å². The molecule has 1 saturated heterocycles. The highest BCUT2D eigenvalue weighted by Crippen LogP contribution is 2.35. The molecule has 4 aromatic rings. The van der Waals surface area contributed by atoms with E-state index in [1.807, 2.05) is 17.8 Å². The molecule has 8 nitrogen and oxygen atoms in total. The number of nitrogens with one attached hydrogen (secondary N) is 1. The van der Waals surface area contributed by atoms with Crippen molar-refractivity contribution in [3.8, 4) is 11.3 Å². The number of pyridine rings is 2. The van der Waals surface area contributed by atoms with Crippen molar-refractivity contribution in [2.75, 3.05) is 31.2 Å². The molecule has 31 heavy (non-hydrogen) atoms. The number of likely N-dealkylation sites (N-methyl/N-ethyl adjacent to an activating group) is 1. The second-order valence-corrected chi connectivity index (χ2v) is 7.62. The molecular formula is C22H20FN7O. The molecule has 1 aliphatic heterocycles. The van der Waals surface area contributed by atoms with E-state index in [9.17, 15) is 4.79 Å². The minimum absolute atomic E-state index is 0.183. The van der Waals surface area contributed by atoms with Crippen molar-refractivity contribution in [1.29, 1.82) is 0 Å². The molecule has 0 radical (unpaired) electrons. The summed E-state index contributed by atoms with van der Waals surface area (Å²) in [6, 6.07) is 11.5. The number of hydrogen-bond donors (Lipinski definition) is 2. The lowest BCUT2D eigenvalue weighted by Gasteiger charge is -2.36. The average molecular weight is 417 g/mol. The molecule has 1 aromatic carbocycles. The number of benzene rings is 1. The quantitative estimate of drug-likeness (QED) is 0.529. The van der Waals surface area contributed by atoms with Crippen LogP contribution >= 0.6 is 0 Å². The number of halogens is 1. The first-order valence-electron chi connectivity index (χ1n) is 9.85. The van der Waals surface area contributed by atoms with Gasteiger partial charge >= 0.3 is 0 Å². The SMILES string of the molecule is CN1CC(n2nc(-c3ccc(C(=O)Nc4ccccn4)cc3F)c3c(N)nccc32)C1. The van der Waals surface area contributed by atoms with Crippen LogP contribution in [0.3, 0.4) is 0 Å². The fraction of sp³-hybridized carbons (Fsp3) is 0.182. The summed E-state index contributed by atoms with van der Waals surface area (Å²) < 4.78 is 17.0. The van der Waals surface area contributed by atoms with E-state index >= 15 is 4.39 Å². The van der Waals surface area contributed by atoms with Gasteiger partial charge in [-0.1, -0.05) is 6.07 Å². The van der Waals surface area contributed by atoms with Crippen molar-refractivity contribution >= 4 is 28.4 Å². The predicted octanol–water partition coefficient (Wildman–Crippen LogP) is 2.95. The zero-order valence-corrected chi connectivity index (χ0v) is 16.8. The normalized spacial score (nSPS) is 14.5. The summed E-state index contributed by atoms with van der Waals surface area (Å²) in [4.78, 5) is 22.9. The van der Waals surface area contributed by atoms with Crippen LogP contribution in [0, 0.1) is 5.82 Å². The number of nitrogen functional groups attached to an aromatic ring is 1. The maximum absolute atomic E-state index is 15.1. The Labute approximate surface area is 177 Å². The van der Waals surface area contributed by atoms with E-state index in [1.165, 1.54) is 6.07 Å². The van der Waals surface area contributed by atoms with Crippen LogP contribution < -0.4 is 11.1 Å². The van der Waals surface area contributed by atoms with Gasteiger partial charge in [0, 0.05) is 36.6 Å². The molecule has 3 N–H and O–H groups in total. The fourth-order valence-electron chi connectivity index (χ4n) is 3.87. The van der Waals surface area contributed by atoms with Crippen LogP contribution in [0.25, 0.3) is 22.2 Å². The first kappa shape index (κ1) is 19.1. The van der Waals surface area contributed by atoms with Crippen molar-refractivity contribution in [1.82, 2.24) is 24.6 Å². The highest BCUT2D eigenvalue weighted by Gasteiger charge is 2.29. The number of likely N-dealkylation sites (tertiary alicyclic amines) is 1. The minimum Gasteiger partial charge on any atom is -0.383 e. The molecule has 9 heteroatoms. The minimum atomic E-state index is -0.561. The summed E-state index contributed by atoms with van der Waals surface area (Å²) in [5.41, 5.74) is 7.83. The van der Waals surface area contributed by atoms with Crippen LogP contribution in [-0.4, -0.2) is 50.7 Å². The van der Waals surface area contributed by atoms with Gasteiger partial charge in [0.05, 0.1) is 16.9 Å². The maximum atomic E-state index is 15.1. The fourth-order valence-corrected chi connectivity index (χ4v) is 3.87. The van der Waals surface area contributed by atoms with E-state index in [0.717, 1.165) is 18.6 Å². The van der Waals surface area contributed by atoms with Gasteiger partial charge in [0.25, 0.3) is 5.91 Å². The first-order chi connectivity index (χ1) is 15.0. The van der Waals surface area contributed by atoms with Crippen LogP contribution in [0.15, 0.2) is 54.9 Å². The predicted molar refractivity (Wildman–Crippen MR) is 116 cm³/mol. The number of rotatable bonds is 4. The molecule has 156 valence electrons. The lowest BCUT2D eigenvalue weighted by Crippen LogP contribution is -2.45. The number of carbonyl (C=O) groups excluding carboxylic acids is 1. The molecule has 0 unspecified atom stereocenters. The van der Waals surface area contributed by atoms with E-state index in [0.29, 0.717) is 22.7 Å². The summed E-state index contributed by atoms with van der Waals surface area (Å²) in [6.07, 6.45) is 3.20. The second-order valence-electron chi connectivity index (χ2n) is 7.62. The largest absolute Gasteiger partial charge is 0.383 e. The van der Waals surface area contributed by atoms with E-state index in [4.69, 9.17) is 10.8 Å². The Bertz CT molecular complexity index is 1280. The Hall–Kier alpha value is -3.85. The number of amides is 1. The third-order valence-corrected chi connectivity index (χ3v) is 5.43. The standard InChI is InChI=1S/C22H20FN7O/c1-29-11-14(12-29)30-17-7-9-26-21(24)19(17)20(28-30)15-6-5-13(10-16(15)23)22(31)27-18-4-2-3-8-25-18/h2-10,14H,11-12H2,1H3,(H2,24,26)(H,25,27,31). The topological polar surface area (TPSA) is 102 Å². The van der Waals surface area contributed by atoms with E-state index in [-0.39, 0.29) is 17.2 Å². The van der Waals surface area contributed by atoms with Gasteiger partial charge in [-0.2, -0.15) is 5.10 Å². The van der Waals surface area contributed by atoms with Crippen molar-refractivity contribution in [3.05, 3.63) is 66.2 Å². The summed E-state index contributed by atoms with van der Waals surface area (Å²) in [6.45, 7) is 1.71. The maximum Gasteiger partial charge on any atom is 0.256 e. The Morgan fingerprint density at radius 3 is 2.71 bits per heavy atom. The smallest absolute Gasteiger partial charge is 0.256 e. The Morgan fingerprint density at radius 1 is 1.16 bits per heavy atom. The Kier molecular flexibility index (Phi) is 4.59. The highest BCUT2D eigenvalue weighted by atomic mass is 19.1. The molecule has 4 heterocycles. The van der Waals surface area contributed by atoms with Crippen LogP contribution in [0.4, 0.5) is 16.0 Å². The molecule has 5 rings (SSSR count). The van der Waals surface area contributed by atoms with Crippen LogP contribution in [-0.2, 0) is 0 Å². The Morgan fingerprint density at radius 2 is 2.00 bits per heavy atom. The van der Waals surface area contributed by atoms with E-state index < -0.39 is 11.7 Å². The second kappa shape index (κ2) is 7.44. The third kappa shape index (κ3) is 3.38. The summed E-state index contributed by atoms with van der Waals surface area (Å²) in [5.74, 6) is -0.318. The summed E-state index contributed by atoms with van der Waals surface area (Å²) in [5, 5.41) is 7.96. The number of anilines is 2. The van der Waals surface area contributed by atoms with Crippen LogP contribution in [0.1, 0.15) is 16.4 Å². The molecule has 0 saturated carbocycles. The van der Waals surface area contributed by atoms with Gasteiger partial charge in [-0.25, -0.2) is 14.4 Å². The van der Waals surface area contributed by atoms with Crippen molar-refractivity contribution in [2.45, 2.75) is 6.04 Å². The van der Waals surface area contributed by atoms with Crippen LogP contribution in [0.2, 0.25) is 0 Å². The molecule has 0 atom stereocenters. The Balaban J connectivity index is 1.53. The number of hydrogen-bond acceptors (Lipinski definition) is 6. The zero-order chi connectivity index (χ0) is 21.5. The highest BCUT2D eigenvalue weighted by molar-refractivity contribution is 6.05. The van der Waals surface area contributed by atoms with Gasteiger partial charge < -0.3 is 16.0 Å². The number of fused-ring (bicyclic) bond motifs is 1. The molecule has 1 fully saturated rings. The summed E-state index contributed by atoms with van der Waals surface area (Å²) >= 11 is 0. The van der Waals surface area contributed by atoms with Gasteiger partial charge in [0.2, 0.25) is 0 Å². The molecule has 0 bridgehead atoms. The molecular weight excluding hydrogens is 397 g/mol. The number of nitrogens with zero attached hydrogens (tertiary/aromatic N) is 5. The molecule has 1 aliphatic rings. The van der Waals surface area contributed by atoms with Crippen LogP contribution in [0.5, 0.6) is 0 Å². The first-order valence-corrected chi connectivity index (χ1v) is 9.85. The summed E-state index contributed by atoms with van der Waals surface area (Å²) in [7, 11) is 2.04. The third-order valence-electron chi connectivity index (χ3n) is 5.43. The van der Waals surface area contributed by atoms with E-state index in [2.05, 4.69) is 20.2 Å². The molecule has 3 aromatic heterocycles. The van der Waals surface area contributed by atoms with Gasteiger partial charge in [0.1, 0.15) is 23.1 Å². The number of aromatic nitrogens is 4. The van der Waals surface area contributed by atoms with Crippen molar-refractivity contribution in [3.63, 3.8) is 0 Å². The van der Waals surface area contributed by atoms with Gasteiger partial charge in [0.15, 0.2) is 0 Å². The lowest BCUT2D eigenvalue weighted by molar-refractivity contribution is 0.102. The zero-order valence-electron chi connectivity index (χ0n) is 16.8. The lowest BCUT2D eigenvalue weighted by atomic mass is 10.0. The monoisotopic (exact) mass is 417 g/mol. The molecule has 0 spiro atoms. The van der Waals surface area contributed by atoms with Crippen molar-refractivity contribution < 1.29 is 9.18 Å². The average Bonchev–Trinajstić information content (AvgIpc) is 3.12. The van der Waals surface area contributed by atoms with Gasteiger partial charge in [-0.05, 0) is 43.4 Å². The number of carbonyl (C=O) groups is 1. The van der Waals surface area contributed by atoms with Gasteiger partial charge in [-0.3, -0.25) is 9.48 Å². The van der Waals surface area contributed by atoms with Gasteiger partial charge in [-0.15, -0.1) is 0 Å². The molecule has 1 amide bonds. The molecule has 0 aliphatic carbocycles. The van der Waals surface area contributed by atoms with E-state index in [1.54, 1.807) is 42.7 Å².